The van der Waals surface area contributed by atoms with Crippen molar-refractivity contribution in [3.63, 3.8) is 0 Å². The first-order chi connectivity index (χ1) is 21.3. The first kappa shape index (κ1) is 31.3. The number of anilines is 1. The van der Waals surface area contributed by atoms with Crippen LogP contribution in [0.4, 0.5) is 23.2 Å². The Bertz CT molecular complexity index is 2010. The van der Waals surface area contributed by atoms with Crippen LogP contribution in [-0.4, -0.2) is 32.6 Å². The highest BCUT2D eigenvalue weighted by molar-refractivity contribution is 9.10. The standard InChI is InChI=1S/C31H22BrClF4N4O3S/c1-40-24(31(35,36)37)14-25(43)41(30(40)44)22-13-21(19(33)12-20(22)34)39-28-17-3-2-4-23(42)26(17)18(27(28)29-38-9-10-45-29)11-15-5-7-16(32)8-6-15/h2-8,12-14,29,38-39H,9-11H2,1H3. The van der Waals surface area contributed by atoms with E-state index in [0.717, 1.165) is 52.7 Å². The van der Waals surface area contributed by atoms with Crippen LogP contribution in [0.15, 0.2) is 103 Å². The molecule has 2 aromatic carbocycles. The van der Waals surface area contributed by atoms with Gasteiger partial charge in [-0.1, -0.05) is 51.8 Å². The monoisotopic (exact) mass is 720 g/mol. The van der Waals surface area contributed by atoms with Gasteiger partial charge in [0.15, 0.2) is 5.78 Å². The Morgan fingerprint density at radius 2 is 1.87 bits per heavy atom. The lowest BCUT2D eigenvalue weighted by Crippen LogP contribution is -2.41. The smallest absolute Gasteiger partial charge is 0.353 e. The SMILES string of the molecule is Cn1c(C(F)(F)F)cc(=O)n(-c2cc(NC3=C(C4NCCS4)C(Cc4ccc(Br)cc4)=C4C(=O)C=CC=C34)c(Cl)cc2F)c1=O. The molecule has 0 amide bonds. The summed E-state index contributed by atoms with van der Waals surface area (Å²) in [5, 5.41) is 6.35. The van der Waals surface area contributed by atoms with Crippen molar-refractivity contribution in [3.8, 4) is 5.69 Å². The van der Waals surface area contributed by atoms with Gasteiger partial charge in [0, 0.05) is 46.6 Å². The number of hydrogen-bond acceptors (Lipinski definition) is 6. The number of hydrogen-bond donors (Lipinski definition) is 2. The Hall–Kier alpha value is -3.65. The van der Waals surface area contributed by atoms with E-state index in [2.05, 4.69) is 26.6 Å². The lowest BCUT2D eigenvalue weighted by atomic mass is 9.92. The summed E-state index contributed by atoms with van der Waals surface area (Å²) >= 11 is 11.6. The minimum atomic E-state index is -4.98. The van der Waals surface area contributed by atoms with Crippen LogP contribution in [-0.2, 0) is 24.4 Å². The Balaban J connectivity index is 1.50. The van der Waals surface area contributed by atoms with E-state index in [-0.39, 0.29) is 32.5 Å². The number of halogens is 6. The van der Waals surface area contributed by atoms with Gasteiger partial charge in [-0.3, -0.25) is 14.2 Å². The normalized spacial score (nSPS) is 18.2. The summed E-state index contributed by atoms with van der Waals surface area (Å²) < 4.78 is 57.0. The number of rotatable bonds is 6. The maximum atomic E-state index is 15.3. The fraction of sp³-hybridized carbons (Fsp3) is 0.194. The third-order valence-corrected chi connectivity index (χ3v) is 9.63. The lowest BCUT2D eigenvalue weighted by molar-refractivity contribution is -0.144. The van der Waals surface area contributed by atoms with E-state index in [0.29, 0.717) is 27.8 Å². The maximum absolute atomic E-state index is 15.3. The highest BCUT2D eigenvalue weighted by Gasteiger charge is 2.39. The van der Waals surface area contributed by atoms with Gasteiger partial charge in [0.05, 0.1) is 27.5 Å². The van der Waals surface area contributed by atoms with Crippen molar-refractivity contribution in [1.82, 2.24) is 14.5 Å². The predicted molar refractivity (Wildman–Crippen MR) is 169 cm³/mol. The number of ketones is 1. The van der Waals surface area contributed by atoms with Crippen LogP contribution in [0.5, 0.6) is 0 Å². The molecule has 14 heteroatoms. The average molecular weight is 722 g/mol. The number of nitrogens with zero attached hydrogens (tertiary/aromatic N) is 2. The van der Waals surface area contributed by atoms with Gasteiger partial charge in [-0.15, -0.1) is 11.8 Å². The molecule has 7 nitrogen and oxygen atoms in total. The quantitative estimate of drug-likeness (QED) is 0.302. The Kier molecular flexibility index (Phi) is 8.31. The van der Waals surface area contributed by atoms with Gasteiger partial charge < -0.3 is 10.6 Å². The lowest BCUT2D eigenvalue weighted by Gasteiger charge is -2.21. The van der Waals surface area contributed by atoms with E-state index in [4.69, 9.17) is 11.6 Å². The zero-order chi connectivity index (χ0) is 32.2. The molecule has 1 unspecified atom stereocenters. The van der Waals surface area contributed by atoms with E-state index >= 15 is 4.39 Å². The van der Waals surface area contributed by atoms with Gasteiger partial charge >= 0.3 is 11.9 Å². The summed E-state index contributed by atoms with van der Waals surface area (Å²) in [5.41, 5.74) is -0.586. The van der Waals surface area contributed by atoms with Crippen molar-refractivity contribution in [2.45, 2.75) is 18.0 Å². The van der Waals surface area contributed by atoms with Crippen molar-refractivity contribution in [1.29, 1.82) is 0 Å². The molecule has 2 N–H and O–H groups in total. The number of benzene rings is 2. The van der Waals surface area contributed by atoms with Crippen LogP contribution < -0.4 is 21.9 Å². The summed E-state index contributed by atoms with van der Waals surface area (Å²) in [6.45, 7) is 0.722. The topological polar surface area (TPSA) is 85.1 Å². The van der Waals surface area contributed by atoms with Crippen molar-refractivity contribution in [2.75, 3.05) is 17.6 Å². The number of alkyl halides is 3. The Morgan fingerprint density at radius 1 is 1.13 bits per heavy atom. The summed E-state index contributed by atoms with van der Waals surface area (Å²) in [6, 6.07) is 9.93. The van der Waals surface area contributed by atoms with Gasteiger partial charge in [-0.25, -0.2) is 13.8 Å². The van der Waals surface area contributed by atoms with Crippen molar-refractivity contribution in [3.05, 3.63) is 136 Å². The van der Waals surface area contributed by atoms with Crippen LogP contribution in [0.3, 0.4) is 0 Å². The molecule has 3 aliphatic rings. The molecule has 0 bridgehead atoms. The molecule has 1 aromatic heterocycles. The highest BCUT2D eigenvalue weighted by atomic mass is 79.9. The molecule has 1 fully saturated rings. The van der Waals surface area contributed by atoms with Crippen LogP contribution in [0.2, 0.25) is 5.02 Å². The van der Waals surface area contributed by atoms with Crippen LogP contribution in [0.1, 0.15) is 11.3 Å². The molecular weight excluding hydrogens is 700 g/mol. The van der Waals surface area contributed by atoms with Crippen molar-refractivity contribution in [2.24, 2.45) is 7.05 Å². The molecule has 1 atom stereocenters. The van der Waals surface area contributed by atoms with Gasteiger partial charge in [-0.05, 0) is 47.9 Å². The van der Waals surface area contributed by atoms with E-state index < -0.39 is 34.6 Å². The predicted octanol–water partition coefficient (Wildman–Crippen LogP) is 6.06. The zero-order valence-corrected chi connectivity index (χ0v) is 26.4. The molecule has 1 aliphatic heterocycles. The minimum Gasteiger partial charge on any atom is -0.353 e. The first-order valence-electron chi connectivity index (χ1n) is 13.5. The molecule has 2 heterocycles. The average Bonchev–Trinajstić information content (AvgIpc) is 3.61. The largest absolute Gasteiger partial charge is 0.431 e. The van der Waals surface area contributed by atoms with Crippen LogP contribution in [0.25, 0.3) is 5.69 Å². The molecule has 2 aliphatic carbocycles. The second-order valence-corrected chi connectivity index (χ2v) is 12.9. The zero-order valence-electron chi connectivity index (χ0n) is 23.3. The Labute approximate surface area is 271 Å². The van der Waals surface area contributed by atoms with Gasteiger partial charge in [-0.2, -0.15) is 13.2 Å². The third-order valence-electron chi connectivity index (χ3n) is 7.61. The molecule has 6 rings (SSSR count). The number of fused-ring (bicyclic) bond motifs is 1. The van der Waals surface area contributed by atoms with Gasteiger partial charge in [0.1, 0.15) is 11.5 Å². The summed E-state index contributed by atoms with van der Waals surface area (Å²) in [7, 11) is 0.843. The van der Waals surface area contributed by atoms with Crippen molar-refractivity contribution < 1.29 is 22.4 Å². The third kappa shape index (κ3) is 5.78. The second-order valence-electron chi connectivity index (χ2n) is 10.4. The number of nitrogens with one attached hydrogen (secondary N) is 2. The van der Waals surface area contributed by atoms with E-state index in [1.165, 1.54) is 6.08 Å². The maximum Gasteiger partial charge on any atom is 0.431 e. The molecular formula is C31H22BrClF4N4O3S. The van der Waals surface area contributed by atoms with Gasteiger partial charge in [0.2, 0.25) is 0 Å². The molecule has 3 aromatic rings. The number of carbonyl (C=O) groups excluding carboxylic acids is 1. The minimum absolute atomic E-state index is 0.0737. The van der Waals surface area contributed by atoms with Crippen LogP contribution >= 0.6 is 39.3 Å². The fourth-order valence-corrected chi connectivity index (χ4v) is 7.16. The van der Waals surface area contributed by atoms with E-state index in [1.54, 1.807) is 23.9 Å². The summed E-state index contributed by atoms with van der Waals surface area (Å²) in [5.74, 6) is -0.472. The molecule has 0 saturated carbocycles. The fourth-order valence-electron chi connectivity index (χ4n) is 5.57. The van der Waals surface area contributed by atoms with E-state index in [9.17, 15) is 27.6 Å². The summed E-state index contributed by atoms with van der Waals surface area (Å²) in [4.78, 5) is 39.1. The Morgan fingerprint density at radius 3 is 2.53 bits per heavy atom. The number of allylic oxidation sites excluding steroid dienone is 4. The first-order valence-corrected chi connectivity index (χ1v) is 15.7. The van der Waals surface area contributed by atoms with Crippen LogP contribution in [0, 0.1) is 5.82 Å². The molecule has 0 spiro atoms. The summed E-state index contributed by atoms with van der Waals surface area (Å²) in [6.07, 6.45) is 0.334. The second kappa shape index (κ2) is 11.9. The highest BCUT2D eigenvalue weighted by Crippen LogP contribution is 2.46. The molecule has 45 heavy (non-hydrogen) atoms. The molecule has 232 valence electrons. The number of carbonyl (C=O) groups is 1. The van der Waals surface area contributed by atoms with Crippen molar-refractivity contribution >= 4 is 50.8 Å². The van der Waals surface area contributed by atoms with Gasteiger partial charge in [0.25, 0.3) is 5.56 Å². The molecule has 1 saturated heterocycles. The number of thioether (sulfide) groups is 1. The number of aromatic nitrogens is 2. The van der Waals surface area contributed by atoms with E-state index in [1.807, 2.05) is 24.3 Å². The molecule has 0 radical (unpaired) electrons.